The van der Waals surface area contributed by atoms with Gasteiger partial charge < -0.3 is 15.4 Å². The molecule has 0 spiro atoms. The number of carbonyl (C=O) groups excluding carboxylic acids is 1. The van der Waals surface area contributed by atoms with Gasteiger partial charge in [-0.25, -0.2) is 0 Å². The first kappa shape index (κ1) is 13.6. The second-order valence-electron chi connectivity index (χ2n) is 5.18. The van der Waals surface area contributed by atoms with Gasteiger partial charge in [0.25, 0.3) is 5.91 Å². The Morgan fingerprint density at radius 3 is 3.24 bits per heavy atom. The highest BCUT2D eigenvalue weighted by molar-refractivity contribution is 5.95. The second-order valence-corrected chi connectivity index (χ2v) is 5.18. The van der Waals surface area contributed by atoms with Gasteiger partial charge in [0, 0.05) is 25.0 Å². The maximum absolute atomic E-state index is 11.3. The number of ether oxygens (including phenoxy) is 1. The van der Waals surface area contributed by atoms with Crippen molar-refractivity contribution in [2.75, 3.05) is 11.9 Å². The number of fused-ring (bicyclic) bond motifs is 1. The lowest BCUT2D eigenvalue weighted by molar-refractivity contribution is -0.118. The van der Waals surface area contributed by atoms with E-state index in [2.05, 4.69) is 22.7 Å². The van der Waals surface area contributed by atoms with E-state index in [1.54, 1.807) is 6.20 Å². The van der Waals surface area contributed by atoms with E-state index in [9.17, 15) is 4.79 Å². The number of carbonyl (C=O) groups is 1. The van der Waals surface area contributed by atoms with Crippen molar-refractivity contribution in [3.8, 4) is 5.75 Å². The largest absolute Gasteiger partial charge is 0.482 e. The minimum Gasteiger partial charge on any atom is -0.482 e. The smallest absolute Gasteiger partial charge is 0.262 e. The fourth-order valence-corrected chi connectivity index (χ4v) is 2.29. The zero-order valence-corrected chi connectivity index (χ0v) is 11.9. The first-order valence-corrected chi connectivity index (χ1v) is 6.97. The van der Waals surface area contributed by atoms with Gasteiger partial charge in [0.05, 0.1) is 12.2 Å². The zero-order valence-electron chi connectivity index (χ0n) is 11.9. The predicted molar refractivity (Wildman–Crippen MR) is 79.1 cm³/mol. The van der Waals surface area contributed by atoms with Crippen molar-refractivity contribution in [3.05, 3.63) is 42.2 Å². The highest BCUT2D eigenvalue weighted by Gasteiger charge is 2.15. The van der Waals surface area contributed by atoms with Gasteiger partial charge in [-0.1, -0.05) is 6.07 Å². The zero-order chi connectivity index (χ0) is 14.7. The molecule has 3 rings (SSSR count). The summed E-state index contributed by atoms with van der Waals surface area (Å²) in [7, 11) is 0. The molecule has 1 aromatic carbocycles. The summed E-state index contributed by atoms with van der Waals surface area (Å²) in [6, 6.07) is 8.05. The Balaban J connectivity index is 1.58. The minimum atomic E-state index is -0.111. The molecule has 0 saturated heterocycles. The number of benzene rings is 1. The van der Waals surface area contributed by atoms with Crippen LogP contribution in [0.25, 0.3) is 0 Å². The molecule has 1 aliphatic heterocycles. The molecule has 1 aliphatic rings. The molecule has 2 heterocycles. The van der Waals surface area contributed by atoms with Crippen LogP contribution in [-0.4, -0.2) is 28.3 Å². The summed E-state index contributed by atoms with van der Waals surface area (Å²) >= 11 is 0. The molecule has 0 radical (unpaired) electrons. The molecule has 110 valence electrons. The van der Waals surface area contributed by atoms with Gasteiger partial charge in [0.15, 0.2) is 6.61 Å². The molecule has 1 aromatic heterocycles. The Morgan fingerprint density at radius 2 is 2.43 bits per heavy atom. The van der Waals surface area contributed by atoms with Crippen molar-refractivity contribution in [2.24, 2.45) is 0 Å². The highest BCUT2D eigenvalue weighted by Crippen LogP contribution is 2.28. The topological polar surface area (TPSA) is 68.2 Å². The standard InChI is InChI=1S/C15H18N4O2/c1-11(9-19-6-2-5-17-19)16-8-12-3-4-14-13(7-12)18-15(20)10-21-14/h2-7,11,16H,8-10H2,1H3,(H,18,20). The summed E-state index contributed by atoms with van der Waals surface area (Å²) in [6.07, 6.45) is 3.73. The molecule has 6 heteroatoms. The molecule has 2 aromatic rings. The van der Waals surface area contributed by atoms with Crippen molar-refractivity contribution >= 4 is 11.6 Å². The molecule has 21 heavy (non-hydrogen) atoms. The molecular formula is C15H18N4O2. The first-order valence-electron chi connectivity index (χ1n) is 6.97. The quantitative estimate of drug-likeness (QED) is 0.871. The lowest BCUT2D eigenvalue weighted by atomic mass is 10.1. The fraction of sp³-hybridized carbons (Fsp3) is 0.333. The second kappa shape index (κ2) is 5.97. The van der Waals surface area contributed by atoms with Crippen LogP contribution in [0.2, 0.25) is 0 Å². The van der Waals surface area contributed by atoms with Gasteiger partial charge in [-0.05, 0) is 30.7 Å². The molecule has 0 bridgehead atoms. The molecular weight excluding hydrogens is 268 g/mol. The number of hydrogen-bond donors (Lipinski definition) is 2. The number of aromatic nitrogens is 2. The number of amides is 1. The normalized spacial score (nSPS) is 15.0. The van der Waals surface area contributed by atoms with Crippen LogP contribution in [-0.2, 0) is 17.9 Å². The van der Waals surface area contributed by atoms with E-state index in [-0.39, 0.29) is 12.5 Å². The van der Waals surface area contributed by atoms with E-state index in [4.69, 9.17) is 4.74 Å². The van der Waals surface area contributed by atoms with E-state index in [1.807, 2.05) is 35.1 Å². The molecule has 2 N–H and O–H groups in total. The minimum absolute atomic E-state index is 0.0888. The number of nitrogens with zero attached hydrogens (tertiary/aromatic N) is 2. The van der Waals surface area contributed by atoms with Crippen molar-refractivity contribution in [1.29, 1.82) is 0 Å². The van der Waals surface area contributed by atoms with E-state index < -0.39 is 0 Å². The van der Waals surface area contributed by atoms with Crippen LogP contribution in [0.3, 0.4) is 0 Å². The van der Waals surface area contributed by atoms with E-state index >= 15 is 0 Å². The lowest BCUT2D eigenvalue weighted by Gasteiger charge is -2.19. The Morgan fingerprint density at radius 1 is 1.52 bits per heavy atom. The van der Waals surface area contributed by atoms with Crippen LogP contribution in [0.5, 0.6) is 5.75 Å². The number of anilines is 1. The summed E-state index contributed by atoms with van der Waals surface area (Å²) in [4.78, 5) is 11.3. The summed E-state index contributed by atoms with van der Waals surface area (Å²) in [6.45, 7) is 3.75. The Labute approximate surface area is 123 Å². The van der Waals surface area contributed by atoms with E-state index in [0.29, 0.717) is 6.04 Å². The van der Waals surface area contributed by atoms with Crippen molar-refractivity contribution < 1.29 is 9.53 Å². The van der Waals surface area contributed by atoms with Crippen molar-refractivity contribution in [1.82, 2.24) is 15.1 Å². The maximum atomic E-state index is 11.3. The van der Waals surface area contributed by atoms with Gasteiger partial charge in [-0.15, -0.1) is 0 Å². The van der Waals surface area contributed by atoms with Crippen molar-refractivity contribution in [2.45, 2.75) is 26.1 Å². The maximum Gasteiger partial charge on any atom is 0.262 e. The molecule has 0 aliphatic carbocycles. The molecule has 1 amide bonds. The van der Waals surface area contributed by atoms with E-state index in [1.165, 1.54) is 0 Å². The lowest BCUT2D eigenvalue weighted by Crippen LogP contribution is -2.30. The van der Waals surface area contributed by atoms with Gasteiger partial charge in [-0.3, -0.25) is 9.48 Å². The number of hydrogen-bond acceptors (Lipinski definition) is 4. The summed E-state index contributed by atoms with van der Waals surface area (Å²) in [5.41, 5.74) is 1.84. The third kappa shape index (κ3) is 3.41. The molecule has 0 saturated carbocycles. The Bertz CT molecular complexity index is 625. The summed E-state index contributed by atoms with van der Waals surface area (Å²) in [5.74, 6) is 0.614. The Kier molecular flexibility index (Phi) is 3.87. The van der Waals surface area contributed by atoms with Gasteiger partial charge >= 0.3 is 0 Å². The third-order valence-electron chi connectivity index (χ3n) is 3.35. The van der Waals surface area contributed by atoms with Crippen LogP contribution in [0.4, 0.5) is 5.69 Å². The average molecular weight is 286 g/mol. The van der Waals surface area contributed by atoms with Crippen LogP contribution in [0.1, 0.15) is 12.5 Å². The van der Waals surface area contributed by atoms with Crippen LogP contribution >= 0.6 is 0 Å². The number of nitrogens with one attached hydrogen (secondary N) is 2. The van der Waals surface area contributed by atoms with Crippen LogP contribution in [0, 0.1) is 0 Å². The molecule has 1 unspecified atom stereocenters. The number of rotatable bonds is 5. The first-order chi connectivity index (χ1) is 10.2. The van der Waals surface area contributed by atoms with Crippen molar-refractivity contribution in [3.63, 3.8) is 0 Å². The van der Waals surface area contributed by atoms with Gasteiger partial charge in [-0.2, -0.15) is 5.10 Å². The average Bonchev–Trinajstić information content (AvgIpc) is 2.97. The van der Waals surface area contributed by atoms with Gasteiger partial charge in [0.2, 0.25) is 0 Å². The van der Waals surface area contributed by atoms with Crippen LogP contribution < -0.4 is 15.4 Å². The van der Waals surface area contributed by atoms with Crippen LogP contribution in [0.15, 0.2) is 36.7 Å². The molecule has 1 atom stereocenters. The summed E-state index contributed by atoms with van der Waals surface area (Å²) < 4.78 is 7.24. The molecule has 6 nitrogen and oxygen atoms in total. The van der Waals surface area contributed by atoms with E-state index in [0.717, 1.165) is 30.1 Å². The third-order valence-corrected chi connectivity index (χ3v) is 3.35. The fourth-order valence-electron chi connectivity index (χ4n) is 2.29. The van der Waals surface area contributed by atoms with Gasteiger partial charge in [0.1, 0.15) is 5.75 Å². The monoisotopic (exact) mass is 286 g/mol. The predicted octanol–water partition coefficient (Wildman–Crippen LogP) is 1.39. The SMILES string of the molecule is CC(Cn1cccn1)NCc1ccc2c(c1)NC(=O)CO2. The summed E-state index contributed by atoms with van der Waals surface area (Å²) in [5, 5.41) is 10.4. The highest BCUT2D eigenvalue weighted by atomic mass is 16.5. The molecule has 0 fully saturated rings. The Hall–Kier alpha value is -2.34.